The van der Waals surface area contributed by atoms with Crippen LogP contribution in [0.15, 0.2) is 12.4 Å². The highest BCUT2D eigenvalue weighted by atomic mass is 35.5. The van der Waals surface area contributed by atoms with Crippen LogP contribution >= 0.6 is 23.1 Å². The van der Waals surface area contributed by atoms with Gasteiger partial charge in [0, 0.05) is 12.4 Å². The quantitative estimate of drug-likeness (QED) is 0.792. The van der Waals surface area contributed by atoms with E-state index in [1.165, 1.54) is 12.4 Å². The van der Waals surface area contributed by atoms with Crippen LogP contribution < -0.4 is 0 Å². The molecule has 0 amide bonds. The van der Waals surface area contributed by atoms with Crippen LogP contribution in [0.25, 0.3) is 11.5 Å². The molecule has 0 aliphatic rings. The van der Waals surface area contributed by atoms with E-state index >= 15 is 0 Å². The molecule has 0 fully saturated rings. The Morgan fingerprint density at radius 3 is 2.94 bits per heavy atom. The Hall–Kier alpha value is -1.60. The average molecular weight is 271 g/mol. The smallest absolute Gasteiger partial charge is 0.369 e. The fourth-order valence-corrected chi connectivity index (χ4v) is 1.82. The molecule has 0 aromatic carbocycles. The largest absolute Gasteiger partial charge is 0.461 e. The van der Waals surface area contributed by atoms with Gasteiger partial charge in [-0.05, 0) is 18.5 Å². The molecule has 0 atom stereocenters. The number of rotatable bonds is 3. The van der Waals surface area contributed by atoms with Gasteiger partial charge in [-0.2, -0.15) is 4.37 Å². The third-order valence-electron chi connectivity index (χ3n) is 1.74. The zero-order valence-corrected chi connectivity index (χ0v) is 10.3. The fourth-order valence-electron chi connectivity index (χ4n) is 1.07. The van der Waals surface area contributed by atoms with E-state index in [0.717, 1.165) is 11.5 Å². The number of esters is 1. The number of ether oxygens (including phenoxy) is 1. The monoisotopic (exact) mass is 270 g/mol. The summed E-state index contributed by atoms with van der Waals surface area (Å²) in [6.07, 6.45) is 2.94. The van der Waals surface area contributed by atoms with Crippen LogP contribution in [0, 0.1) is 0 Å². The van der Waals surface area contributed by atoms with Gasteiger partial charge < -0.3 is 4.74 Å². The number of aromatic nitrogens is 4. The second kappa shape index (κ2) is 5.15. The number of halogens is 1. The first-order valence-corrected chi connectivity index (χ1v) is 5.85. The lowest BCUT2D eigenvalue weighted by Gasteiger charge is -1.96. The molecule has 0 N–H and O–H groups in total. The van der Waals surface area contributed by atoms with Crippen LogP contribution in [0.3, 0.4) is 0 Å². The summed E-state index contributed by atoms with van der Waals surface area (Å²) in [4.78, 5) is 23.3. The Kier molecular flexibility index (Phi) is 3.60. The van der Waals surface area contributed by atoms with Crippen molar-refractivity contribution in [2.24, 2.45) is 0 Å². The molecule has 0 aliphatic heterocycles. The number of carbonyl (C=O) groups is 1. The highest BCUT2D eigenvalue weighted by Gasteiger charge is 2.17. The number of nitrogens with zero attached hydrogens (tertiary/aromatic N) is 4. The topological polar surface area (TPSA) is 77.9 Å². The number of hydrogen-bond donors (Lipinski definition) is 0. The molecule has 0 saturated carbocycles. The Bertz CT molecular complexity index is 545. The lowest BCUT2D eigenvalue weighted by Crippen LogP contribution is -2.03. The molecule has 0 radical (unpaired) electrons. The minimum atomic E-state index is -0.503. The summed E-state index contributed by atoms with van der Waals surface area (Å²) in [7, 11) is 0. The van der Waals surface area contributed by atoms with Crippen molar-refractivity contribution in [3.05, 3.63) is 22.6 Å². The van der Waals surface area contributed by atoms with Crippen molar-refractivity contribution in [1.82, 2.24) is 19.3 Å². The van der Waals surface area contributed by atoms with Gasteiger partial charge in [0.05, 0.1) is 6.61 Å². The van der Waals surface area contributed by atoms with Crippen molar-refractivity contribution < 1.29 is 9.53 Å². The molecule has 0 spiro atoms. The van der Waals surface area contributed by atoms with Crippen molar-refractivity contribution >= 4 is 29.1 Å². The summed E-state index contributed by atoms with van der Waals surface area (Å²) in [5.74, 6) is -0.229. The van der Waals surface area contributed by atoms with E-state index in [1.807, 2.05) is 0 Å². The highest BCUT2D eigenvalue weighted by molar-refractivity contribution is 7.07. The van der Waals surface area contributed by atoms with Gasteiger partial charge >= 0.3 is 5.97 Å². The van der Waals surface area contributed by atoms with E-state index in [4.69, 9.17) is 16.3 Å². The van der Waals surface area contributed by atoms with Gasteiger partial charge in [-0.15, -0.1) is 0 Å². The van der Waals surface area contributed by atoms with Gasteiger partial charge in [0.25, 0.3) is 0 Å². The standard InChI is InChI=1S/C9H7ClN4O2S/c1-2-16-9(15)8-13-7(14-17-8)5-6(10)12-4-3-11-5/h3-4H,2H2,1H3. The maximum Gasteiger partial charge on any atom is 0.369 e. The van der Waals surface area contributed by atoms with Crippen molar-refractivity contribution in [1.29, 1.82) is 0 Å². The predicted molar refractivity (Wildman–Crippen MR) is 61.9 cm³/mol. The van der Waals surface area contributed by atoms with Crippen LogP contribution in [0.4, 0.5) is 0 Å². The van der Waals surface area contributed by atoms with Gasteiger partial charge in [0.15, 0.2) is 11.0 Å². The lowest BCUT2D eigenvalue weighted by atomic mass is 10.4. The van der Waals surface area contributed by atoms with E-state index in [-0.39, 0.29) is 16.0 Å². The molecular formula is C9H7ClN4O2S. The van der Waals surface area contributed by atoms with Gasteiger partial charge in [0.2, 0.25) is 5.01 Å². The number of hydrogen-bond acceptors (Lipinski definition) is 7. The molecule has 0 aliphatic carbocycles. The zero-order chi connectivity index (χ0) is 12.3. The highest BCUT2D eigenvalue weighted by Crippen LogP contribution is 2.22. The van der Waals surface area contributed by atoms with Crippen molar-refractivity contribution in [3.8, 4) is 11.5 Å². The molecule has 2 aromatic heterocycles. The van der Waals surface area contributed by atoms with Gasteiger partial charge in [-0.1, -0.05) is 11.6 Å². The molecule has 0 saturated heterocycles. The first-order valence-electron chi connectivity index (χ1n) is 4.70. The molecule has 88 valence electrons. The van der Waals surface area contributed by atoms with Gasteiger partial charge in [-0.3, -0.25) is 0 Å². The molecule has 0 bridgehead atoms. The minimum Gasteiger partial charge on any atom is -0.461 e. The molecule has 2 aromatic rings. The average Bonchev–Trinajstić information content (AvgIpc) is 2.79. The summed E-state index contributed by atoms with van der Waals surface area (Å²) >= 11 is 6.78. The SMILES string of the molecule is CCOC(=O)c1nc(-c2nccnc2Cl)ns1. The van der Waals surface area contributed by atoms with Crippen molar-refractivity contribution in [2.75, 3.05) is 6.61 Å². The normalized spacial score (nSPS) is 10.2. The van der Waals surface area contributed by atoms with Crippen molar-refractivity contribution in [3.63, 3.8) is 0 Å². The summed E-state index contributed by atoms with van der Waals surface area (Å²) in [5, 5.41) is 0.365. The molecule has 6 nitrogen and oxygen atoms in total. The summed E-state index contributed by atoms with van der Waals surface area (Å²) in [6, 6.07) is 0. The summed E-state index contributed by atoms with van der Waals surface area (Å²) in [6.45, 7) is 2.01. The molecule has 17 heavy (non-hydrogen) atoms. The first kappa shape index (κ1) is 11.9. The number of carbonyl (C=O) groups excluding carboxylic acids is 1. The first-order chi connectivity index (χ1) is 8.22. The maximum absolute atomic E-state index is 11.4. The Labute approximate surface area is 106 Å². The van der Waals surface area contributed by atoms with Crippen LogP contribution in [0.1, 0.15) is 16.7 Å². The lowest BCUT2D eigenvalue weighted by molar-refractivity contribution is 0.0526. The summed E-state index contributed by atoms with van der Waals surface area (Å²) in [5.41, 5.74) is 0.348. The molecule has 0 unspecified atom stereocenters. The van der Waals surface area contributed by atoms with E-state index in [9.17, 15) is 4.79 Å². The van der Waals surface area contributed by atoms with Crippen LogP contribution in [-0.4, -0.2) is 31.9 Å². The Morgan fingerprint density at radius 1 is 1.47 bits per heavy atom. The van der Waals surface area contributed by atoms with Crippen LogP contribution in [-0.2, 0) is 4.74 Å². The third-order valence-corrected chi connectivity index (χ3v) is 2.71. The van der Waals surface area contributed by atoms with E-state index in [0.29, 0.717) is 12.3 Å². The second-order valence-corrected chi connectivity index (χ2v) is 3.95. The van der Waals surface area contributed by atoms with Crippen LogP contribution in [0.2, 0.25) is 5.15 Å². The van der Waals surface area contributed by atoms with E-state index in [1.54, 1.807) is 6.92 Å². The molecule has 2 rings (SSSR count). The molecule has 2 heterocycles. The minimum absolute atomic E-state index is 0.170. The zero-order valence-electron chi connectivity index (χ0n) is 8.75. The fraction of sp³-hybridized carbons (Fsp3) is 0.222. The Balaban J connectivity index is 2.30. The van der Waals surface area contributed by atoms with Crippen LogP contribution in [0.5, 0.6) is 0 Å². The van der Waals surface area contributed by atoms with Gasteiger partial charge in [0.1, 0.15) is 5.69 Å². The predicted octanol–water partition coefficient (Wildman–Crippen LogP) is 1.83. The second-order valence-electron chi connectivity index (χ2n) is 2.84. The Morgan fingerprint density at radius 2 is 2.24 bits per heavy atom. The van der Waals surface area contributed by atoms with E-state index < -0.39 is 5.97 Å². The van der Waals surface area contributed by atoms with Crippen molar-refractivity contribution in [2.45, 2.75) is 6.92 Å². The summed E-state index contributed by atoms with van der Waals surface area (Å²) < 4.78 is 8.80. The maximum atomic E-state index is 11.4. The third kappa shape index (κ3) is 2.56. The molecular weight excluding hydrogens is 264 g/mol. The van der Waals surface area contributed by atoms with E-state index in [2.05, 4.69) is 19.3 Å². The molecule has 8 heteroatoms. The van der Waals surface area contributed by atoms with Gasteiger partial charge in [-0.25, -0.2) is 19.7 Å².